The van der Waals surface area contributed by atoms with E-state index in [1.54, 1.807) is 6.92 Å². The van der Waals surface area contributed by atoms with Crippen molar-refractivity contribution in [2.45, 2.75) is 13.0 Å². The first-order valence-corrected chi connectivity index (χ1v) is 5.03. The van der Waals surface area contributed by atoms with E-state index in [1.165, 1.54) is 0 Å². The van der Waals surface area contributed by atoms with Gasteiger partial charge in [-0.25, -0.2) is 0 Å². The van der Waals surface area contributed by atoms with Crippen LogP contribution in [-0.2, 0) is 9.53 Å². The third-order valence-corrected chi connectivity index (χ3v) is 2.24. The Bertz CT molecular complexity index is 188. The van der Waals surface area contributed by atoms with Crippen molar-refractivity contribution in [3.05, 3.63) is 0 Å². The monoisotopic (exact) mass is 273 g/mol. The molecule has 1 aliphatic heterocycles. The number of carbonyl (C=O) groups is 1. The summed E-state index contributed by atoms with van der Waals surface area (Å²) in [6.07, 6.45) is 0. The number of hydrogen-bond donors (Lipinski definition) is 2. The van der Waals surface area contributed by atoms with Crippen LogP contribution in [0.15, 0.2) is 0 Å². The minimum Gasteiger partial charge on any atom is -0.379 e. The maximum Gasteiger partial charge on any atom is 0.236 e. The molecular weight excluding hydrogens is 253 g/mol. The Morgan fingerprint density at radius 2 is 2.00 bits per heavy atom. The maximum absolute atomic E-state index is 11.1. The number of hydrogen-bond acceptors (Lipinski definition) is 4. The average Bonchev–Trinajstić information content (AvgIpc) is 2.19. The summed E-state index contributed by atoms with van der Waals surface area (Å²) >= 11 is 0. The van der Waals surface area contributed by atoms with Crippen molar-refractivity contribution >= 4 is 30.7 Å². The molecule has 0 radical (unpaired) electrons. The molecule has 0 saturated carbocycles. The van der Waals surface area contributed by atoms with Gasteiger partial charge in [0.25, 0.3) is 0 Å². The summed E-state index contributed by atoms with van der Waals surface area (Å²) in [5, 5.41) is 2.78. The largest absolute Gasteiger partial charge is 0.379 e. The lowest BCUT2D eigenvalue weighted by Gasteiger charge is -2.26. The van der Waals surface area contributed by atoms with Crippen LogP contribution in [0.1, 0.15) is 6.92 Å². The molecule has 16 heavy (non-hydrogen) atoms. The molecule has 0 aromatic heterocycles. The third-order valence-electron chi connectivity index (χ3n) is 2.24. The number of nitrogens with one attached hydrogen (secondary N) is 1. The number of carbonyl (C=O) groups excluding carboxylic acids is 1. The quantitative estimate of drug-likeness (QED) is 0.733. The van der Waals surface area contributed by atoms with Gasteiger partial charge in [0, 0.05) is 26.2 Å². The van der Waals surface area contributed by atoms with Gasteiger partial charge in [-0.2, -0.15) is 0 Å². The van der Waals surface area contributed by atoms with Crippen molar-refractivity contribution < 1.29 is 9.53 Å². The van der Waals surface area contributed by atoms with Crippen molar-refractivity contribution in [3.63, 3.8) is 0 Å². The van der Waals surface area contributed by atoms with Gasteiger partial charge in [0.15, 0.2) is 0 Å². The van der Waals surface area contributed by atoms with Gasteiger partial charge in [0.2, 0.25) is 5.91 Å². The van der Waals surface area contributed by atoms with E-state index in [0.29, 0.717) is 6.54 Å². The lowest BCUT2D eigenvalue weighted by Crippen LogP contribution is -2.44. The molecule has 0 spiro atoms. The van der Waals surface area contributed by atoms with Crippen LogP contribution in [-0.4, -0.2) is 56.2 Å². The predicted octanol–water partition coefficient (Wildman–Crippen LogP) is -0.374. The molecule has 3 N–H and O–H groups in total. The molecule has 1 aliphatic rings. The number of nitrogens with zero attached hydrogens (tertiary/aromatic N) is 1. The van der Waals surface area contributed by atoms with E-state index in [2.05, 4.69) is 10.2 Å². The van der Waals surface area contributed by atoms with Gasteiger partial charge in [-0.3, -0.25) is 9.69 Å². The molecule has 1 fully saturated rings. The zero-order chi connectivity index (χ0) is 10.4. The molecular formula is C9H21Cl2N3O2. The van der Waals surface area contributed by atoms with Crippen LogP contribution >= 0.6 is 24.8 Å². The summed E-state index contributed by atoms with van der Waals surface area (Å²) in [6.45, 7) is 6.72. The van der Waals surface area contributed by atoms with Gasteiger partial charge in [0.1, 0.15) is 0 Å². The van der Waals surface area contributed by atoms with Crippen molar-refractivity contribution in [3.8, 4) is 0 Å². The first kappa shape index (κ1) is 18.3. The highest BCUT2D eigenvalue weighted by atomic mass is 35.5. The fourth-order valence-corrected chi connectivity index (χ4v) is 1.32. The number of amides is 1. The van der Waals surface area contributed by atoms with Crippen molar-refractivity contribution in [2.24, 2.45) is 5.73 Å². The molecule has 0 aromatic rings. The van der Waals surface area contributed by atoms with Gasteiger partial charge >= 0.3 is 0 Å². The van der Waals surface area contributed by atoms with Crippen molar-refractivity contribution in [1.29, 1.82) is 0 Å². The number of rotatable bonds is 4. The van der Waals surface area contributed by atoms with Gasteiger partial charge in [-0.1, -0.05) is 0 Å². The number of halogens is 2. The van der Waals surface area contributed by atoms with E-state index >= 15 is 0 Å². The van der Waals surface area contributed by atoms with E-state index in [9.17, 15) is 4.79 Å². The highest BCUT2D eigenvalue weighted by molar-refractivity contribution is 5.85. The normalized spacial score (nSPS) is 17.9. The predicted molar refractivity (Wildman–Crippen MR) is 68.4 cm³/mol. The standard InChI is InChI=1S/C9H19N3O2.2ClH/c1-8(10)9(13)11-2-3-12-4-6-14-7-5-12;;/h8H,2-7,10H2,1H3,(H,11,13);2*1H. The number of nitrogens with two attached hydrogens (primary N) is 1. The molecule has 0 aliphatic carbocycles. The van der Waals surface area contributed by atoms with Crippen LogP contribution in [0.5, 0.6) is 0 Å². The molecule has 1 heterocycles. The van der Waals surface area contributed by atoms with Crippen LogP contribution < -0.4 is 11.1 Å². The molecule has 1 saturated heterocycles. The maximum atomic E-state index is 11.1. The molecule has 5 nitrogen and oxygen atoms in total. The Morgan fingerprint density at radius 1 is 1.44 bits per heavy atom. The minimum absolute atomic E-state index is 0. The first-order chi connectivity index (χ1) is 6.70. The molecule has 1 unspecified atom stereocenters. The summed E-state index contributed by atoms with van der Waals surface area (Å²) in [6, 6.07) is -0.417. The second-order valence-corrected chi connectivity index (χ2v) is 3.53. The Hall–Kier alpha value is -0.0700. The zero-order valence-corrected chi connectivity index (χ0v) is 11.1. The molecule has 1 amide bonds. The first-order valence-electron chi connectivity index (χ1n) is 5.03. The van der Waals surface area contributed by atoms with Crippen LogP contribution in [0.25, 0.3) is 0 Å². The fraction of sp³-hybridized carbons (Fsp3) is 0.889. The Morgan fingerprint density at radius 3 is 2.50 bits per heavy atom. The molecule has 0 aromatic carbocycles. The third kappa shape index (κ3) is 7.24. The second-order valence-electron chi connectivity index (χ2n) is 3.53. The minimum atomic E-state index is -0.417. The van der Waals surface area contributed by atoms with Gasteiger partial charge in [-0.05, 0) is 6.92 Å². The lowest BCUT2D eigenvalue weighted by molar-refractivity contribution is -0.122. The van der Waals surface area contributed by atoms with Gasteiger partial charge in [0.05, 0.1) is 19.3 Å². The summed E-state index contributed by atoms with van der Waals surface area (Å²) in [4.78, 5) is 13.4. The Labute approximate surface area is 109 Å². The summed E-state index contributed by atoms with van der Waals surface area (Å²) in [5.74, 6) is -0.0849. The van der Waals surface area contributed by atoms with E-state index in [-0.39, 0.29) is 30.7 Å². The fourth-order valence-electron chi connectivity index (χ4n) is 1.32. The Kier molecular flexibility index (Phi) is 11.6. The van der Waals surface area contributed by atoms with Crippen molar-refractivity contribution in [1.82, 2.24) is 10.2 Å². The number of ether oxygens (including phenoxy) is 1. The molecule has 1 atom stereocenters. The molecule has 1 rings (SSSR count). The van der Waals surface area contributed by atoms with Crippen LogP contribution in [0.2, 0.25) is 0 Å². The highest BCUT2D eigenvalue weighted by Gasteiger charge is 2.11. The number of morpholine rings is 1. The summed E-state index contributed by atoms with van der Waals surface area (Å²) in [7, 11) is 0. The zero-order valence-electron chi connectivity index (χ0n) is 9.48. The lowest BCUT2D eigenvalue weighted by atomic mass is 10.3. The van der Waals surface area contributed by atoms with Crippen molar-refractivity contribution in [2.75, 3.05) is 39.4 Å². The summed E-state index contributed by atoms with van der Waals surface area (Å²) < 4.78 is 5.22. The van der Waals surface area contributed by atoms with Crippen LogP contribution in [0, 0.1) is 0 Å². The molecule has 7 heteroatoms. The smallest absolute Gasteiger partial charge is 0.236 e. The van der Waals surface area contributed by atoms with E-state index in [4.69, 9.17) is 10.5 Å². The highest BCUT2D eigenvalue weighted by Crippen LogP contribution is 1.94. The van der Waals surface area contributed by atoms with Crippen LogP contribution in [0.4, 0.5) is 0 Å². The van der Waals surface area contributed by atoms with E-state index in [0.717, 1.165) is 32.8 Å². The van der Waals surface area contributed by atoms with E-state index < -0.39 is 6.04 Å². The SMILES string of the molecule is CC(N)C(=O)NCCN1CCOCC1.Cl.Cl. The van der Waals surface area contributed by atoms with E-state index in [1.807, 2.05) is 0 Å². The van der Waals surface area contributed by atoms with Gasteiger partial charge < -0.3 is 15.8 Å². The van der Waals surface area contributed by atoms with Crippen LogP contribution in [0.3, 0.4) is 0 Å². The topological polar surface area (TPSA) is 67.6 Å². The van der Waals surface area contributed by atoms with Gasteiger partial charge in [-0.15, -0.1) is 24.8 Å². The average molecular weight is 274 g/mol. The second kappa shape index (κ2) is 10.1. The summed E-state index contributed by atoms with van der Waals surface area (Å²) in [5.41, 5.74) is 5.41. The molecule has 0 bridgehead atoms. The Balaban J connectivity index is 0. The molecule has 98 valence electrons.